The van der Waals surface area contributed by atoms with Crippen molar-refractivity contribution in [3.8, 4) is 0 Å². The predicted octanol–water partition coefficient (Wildman–Crippen LogP) is -0.311. The SMILES string of the molecule is CC(C)C[C@H](N)C(=O)N[C@@H](Cc1ccccc1)C(=O)NCC(N)=O. The Balaban J connectivity index is 2.78. The van der Waals surface area contributed by atoms with Gasteiger partial charge >= 0.3 is 0 Å². The molecule has 0 fully saturated rings. The van der Waals surface area contributed by atoms with Crippen LogP contribution in [0.15, 0.2) is 30.3 Å². The van der Waals surface area contributed by atoms with Crippen molar-refractivity contribution in [1.82, 2.24) is 10.6 Å². The Hall–Kier alpha value is -2.41. The summed E-state index contributed by atoms with van der Waals surface area (Å²) in [5.74, 6) is -1.24. The standard InChI is InChI=1S/C17H26N4O3/c1-11(2)8-13(18)16(23)21-14(17(24)20-10-15(19)22)9-12-6-4-3-5-7-12/h3-7,11,13-14H,8-10,18H2,1-2H3,(H2,19,22)(H,20,24)(H,21,23)/t13-,14-/m0/s1. The van der Waals surface area contributed by atoms with E-state index in [-0.39, 0.29) is 18.4 Å². The number of nitrogens with one attached hydrogen (secondary N) is 2. The van der Waals surface area contributed by atoms with Gasteiger partial charge in [0.2, 0.25) is 17.7 Å². The molecule has 3 amide bonds. The normalized spacial score (nSPS) is 13.2. The van der Waals surface area contributed by atoms with Gasteiger partial charge in [0.1, 0.15) is 6.04 Å². The molecule has 1 aromatic carbocycles. The van der Waals surface area contributed by atoms with Crippen LogP contribution >= 0.6 is 0 Å². The van der Waals surface area contributed by atoms with E-state index < -0.39 is 23.9 Å². The Morgan fingerprint density at radius 1 is 1.08 bits per heavy atom. The quantitative estimate of drug-likeness (QED) is 0.494. The first-order chi connectivity index (χ1) is 11.3. The minimum atomic E-state index is -0.822. The van der Waals surface area contributed by atoms with Crippen LogP contribution in [-0.4, -0.2) is 36.3 Å². The number of carbonyl (C=O) groups is 3. The van der Waals surface area contributed by atoms with Crippen molar-refractivity contribution < 1.29 is 14.4 Å². The van der Waals surface area contributed by atoms with Crippen molar-refractivity contribution >= 4 is 17.7 Å². The maximum atomic E-state index is 12.3. The molecule has 0 bridgehead atoms. The van der Waals surface area contributed by atoms with Crippen molar-refractivity contribution in [2.24, 2.45) is 17.4 Å². The van der Waals surface area contributed by atoms with Gasteiger partial charge in [-0.05, 0) is 17.9 Å². The highest BCUT2D eigenvalue weighted by atomic mass is 16.2. The molecular formula is C17H26N4O3. The summed E-state index contributed by atoms with van der Waals surface area (Å²) in [6, 6.07) is 7.76. The van der Waals surface area contributed by atoms with E-state index in [1.807, 2.05) is 44.2 Å². The summed E-state index contributed by atoms with van der Waals surface area (Å²) < 4.78 is 0. The molecule has 0 aliphatic heterocycles. The van der Waals surface area contributed by atoms with E-state index in [2.05, 4.69) is 10.6 Å². The predicted molar refractivity (Wildman–Crippen MR) is 91.7 cm³/mol. The zero-order valence-electron chi connectivity index (χ0n) is 14.1. The van der Waals surface area contributed by atoms with E-state index in [4.69, 9.17) is 11.5 Å². The first-order valence-electron chi connectivity index (χ1n) is 7.95. The molecule has 0 unspecified atom stereocenters. The summed E-state index contributed by atoms with van der Waals surface area (Å²) in [6.07, 6.45) is 0.818. The van der Waals surface area contributed by atoms with Gasteiger partial charge in [-0.15, -0.1) is 0 Å². The van der Waals surface area contributed by atoms with E-state index in [1.165, 1.54) is 0 Å². The molecule has 0 radical (unpaired) electrons. The molecule has 2 atom stereocenters. The van der Waals surface area contributed by atoms with Crippen LogP contribution in [0.25, 0.3) is 0 Å². The molecular weight excluding hydrogens is 308 g/mol. The van der Waals surface area contributed by atoms with Gasteiger partial charge in [0.15, 0.2) is 0 Å². The number of hydrogen-bond acceptors (Lipinski definition) is 4. The summed E-state index contributed by atoms with van der Waals surface area (Å²) >= 11 is 0. The third-order valence-corrected chi connectivity index (χ3v) is 3.41. The molecule has 0 saturated heterocycles. The Morgan fingerprint density at radius 2 is 1.71 bits per heavy atom. The smallest absolute Gasteiger partial charge is 0.243 e. The fourth-order valence-electron chi connectivity index (χ4n) is 2.25. The minimum absolute atomic E-state index is 0.266. The Morgan fingerprint density at radius 3 is 2.25 bits per heavy atom. The molecule has 0 spiro atoms. The molecule has 1 rings (SSSR count). The van der Waals surface area contributed by atoms with Gasteiger partial charge < -0.3 is 22.1 Å². The van der Waals surface area contributed by atoms with Crippen molar-refractivity contribution in [2.75, 3.05) is 6.54 Å². The van der Waals surface area contributed by atoms with Gasteiger partial charge in [0.25, 0.3) is 0 Å². The van der Waals surface area contributed by atoms with Gasteiger partial charge in [-0.25, -0.2) is 0 Å². The van der Waals surface area contributed by atoms with Gasteiger partial charge in [-0.1, -0.05) is 44.2 Å². The average Bonchev–Trinajstić information content (AvgIpc) is 2.52. The molecule has 0 aliphatic rings. The number of rotatable bonds is 9. The van der Waals surface area contributed by atoms with E-state index in [9.17, 15) is 14.4 Å². The van der Waals surface area contributed by atoms with Crippen LogP contribution in [0.5, 0.6) is 0 Å². The van der Waals surface area contributed by atoms with Gasteiger partial charge in [-0.2, -0.15) is 0 Å². The summed E-state index contributed by atoms with van der Waals surface area (Å²) in [5, 5.41) is 5.08. The first kappa shape index (κ1) is 19.6. The number of amides is 3. The summed E-state index contributed by atoms with van der Waals surface area (Å²) in [6.45, 7) is 3.65. The van der Waals surface area contributed by atoms with Crippen LogP contribution in [0.4, 0.5) is 0 Å². The molecule has 0 aromatic heterocycles. The third-order valence-electron chi connectivity index (χ3n) is 3.41. The molecule has 132 valence electrons. The number of carbonyl (C=O) groups excluding carboxylic acids is 3. The van der Waals surface area contributed by atoms with E-state index in [0.717, 1.165) is 5.56 Å². The molecule has 1 aromatic rings. The van der Waals surface area contributed by atoms with Crippen LogP contribution in [0.1, 0.15) is 25.8 Å². The zero-order valence-corrected chi connectivity index (χ0v) is 14.1. The Kier molecular flexibility index (Phi) is 7.91. The van der Waals surface area contributed by atoms with Crippen molar-refractivity contribution in [3.63, 3.8) is 0 Å². The van der Waals surface area contributed by atoms with E-state index in [0.29, 0.717) is 12.8 Å². The van der Waals surface area contributed by atoms with Crippen LogP contribution < -0.4 is 22.1 Å². The largest absolute Gasteiger partial charge is 0.368 e. The van der Waals surface area contributed by atoms with Gasteiger partial charge in [0, 0.05) is 6.42 Å². The van der Waals surface area contributed by atoms with Crippen LogP contribution in [0.3, 0.4) is 0 Å². The second-order valence-electron chi connectivity index (χ2n) is 6.17. The average molecular weight is 334 g/mol. The van der Waals surface area contributed by atoms with Crippen molar-refractivity contribution in [1.29, 1.82) is 0 Å². The lowest BCUT2D eigenvalue weighted by molar-refractivity contribution is -0.130. The van der Waals surface area contributed by atoms with E-state index >= 15 is 0 Å². The van der Waals surface area contributed by atoms with Gasteiger partial charge in [-0.3, -0.25) is 14.4 Å². The minimum Gasteiger partial charge on any atom is -0.368 e. The first-order valence-corrected chi connectivity index (χ1v) is 7.95. The number of nitrogens with two attached hydrogens (primary N) is 2. The highest BCUT2D eigenvalue weighted by Gasteiger charge is 2.24. The lowest BCUT2D eigenvalue weighted by Crippen LogP contribution is -2.53. The van der Waals surface area contributed by atoms with Gasteiger partial charge in [0.05, 0.1) is 12.6 Å². The Bertz CT molecular complexity index is 560. The van der Waals surface area contributed by atoms with Crippen molar-refractivity contribution in [2.45, 2.75) is 38.8 Å². The third kappa shape index (κ3) is 7.23. The highest BCUT2D eigenvalue weighted by Crippen LogP contribution is 2.06. The maximum Gasteiger partial charge on any atom is 0.243 e. The fourth-order valence-corrected chi connectivity index (χ4v) is 2.25. The van der Waals surface area contributed by atoms with Crippen LogP contribution in [-0.2, 0) is 20.8 Å². The summed E-state index contributed by atoms with van der Waals surface area (Å²) in [7, 11) is 0. The molecule has 0 heterocycles. The lowest BCUT2D eigenvalue weighted by atomic mass is 10.0. The summed E-state index contributed by atoms with van der Waals surface area (Å²) in [5.41, 5.74) is 11.8. The number of primary amides is 1. The van der Waals surface area contributed by atoms with Crippen molar-refractivity contribution in [3.05, 3.63) is 35.9 Å². The molecule has 7 heteroatoms. The molecule has 7 nitrogen and oxygen atoms in total. The highest BCUT2D eigenvalue weighted by molar-refractivity contribution is 5.91. The van der Waals surface area contributed by atoms with Crippen LogP contribution in [0.2, 0.25) is 0 Å². The van der Waals surface area contributed by atoms with Crippen LogP contribution in [0, 0.1) is 5.92 Å². The molecule has 24 heavy (non-hydrogen) atoms. The zero-order chi connectivity index (χ0) is 18.1. The molecule has 0 saturated carbocycles. The second-order valence-corrected chi connectivity index (χ2v) is 6.17. The monoisotopic (exact) mass is 334 g/mol. The number of hydrogen-bond donors (Lipinski definition) is 4. The maximum absolute atomic E-state index is 12.3. The summed E-state index contributed by atoms with van der Waals surface area (Å²) in [4.78, 5) is 35.3. The lowest BCUT2D eigenvalue weighted by Gasteiger charge is -2.21. The molecule has 6 N–H and O–H groups in total. The fraction of sp³-hybridized carbons (Fsp3) is 0.471. The Labute approximate surface area is 142 Å². The van der Waals surface area contributed by atoms with E-state index in [1.54, 1.807) is 0 Å². The number of benzene rings is 1. The topological polar surface area (TPSA) is 127 Å². The second kappa shape index (κ2) is 9.67. The molecule has 0 aliphatic carbocycles.